The van der Waals surface area contributed by atoms with Crippen molar-refractivity contribution in [2.45, 2.75) is 11.3 Å². The van der Waals surface area contributed by atoms with Crippen molar-refractivity contribution in [1.29, 1.82) is 0 Å². The van der Waals surface area contributed by atoms with Crippen molar-refractivity contribution in [3.63, 3.8) is 0 Å². The highest BCUT2D eigenvalue weighted by Crippen LogP contribution is 2.65. The highest BCUT2D eigenvalue weighted by atomic mass is 16.3. The maximum Gasteiger partial charge on any atom is 0.140 e. The normalized spacial score (nSPS) is 13.5. The van der Waals surface area contributed by atoms with Crippen LogP contribution in [0.25, 0.3) is 93.9 Å². The van der Waals surface area contributed by atoms with Crippen LogP contribution < -0.4 is 0 Å². The molecule has 0 bridgehead atoms. The first-order chi connectivity index (χ1) is 34.7. The second kappa shape index (κ2) is 15.0. The number of benzene rings is 11. The van der Waals surface area contributed by atoms with Crippen LogP contribution in [0.15, 0.2) is 259 Å². The first-order valence-electron chi connectivity index (χ1n) is 24.4. The number of hydrogen-bond donors (Lipinski definition) is 0. The second-order valence-electron chi connectivity index (χ2n) is 19.0. The van der Waals surface area contributed by atoms with Gasteiger partial charge >= 0.3 is 0 Å². The van der Waals surface area contributed by atoms with Crippen LogP contribution in [0.2, 0.25) is 0 Å². The fraction of sp³-hybridized carbons (Fsp3) is 0.0294. The van der Waals surface area contributed by atoms with E-state index in [2.05, 4.69) is 259 Å². The van der Waals surface area contributed by atoms with Crippen LogP contribution in [0.3, 0.4) is 0 Å². The lowest BCUT2D eigenvalue weighted by atomic mass is 9.69. The molecule has 0 N–H and O–H groups in total. The molecule has 2 aliphatic rings. The minimum atomic E-state index is -0.516. The van der Waals surface area contributed by atoms with E-state index in [0.717, 1.165) is 27.8 Å². The van der Waals surface area contributed by atoms with E-state index >= 15 is 0 Å². The van der Waals surface area contributed by atoms with Gasteiger partial charge in [0.25, 0.3) is 0 Å². The van der Waals surface area contributed by atoms with E-state index in [1.807, 2.05) is 0 Å². The molecule has 0 aliphatic heterocycles. The predicted octanol–water partition coefficient (Wildman–Crippen LogP) is 17.5. The molecule has 13 aromatic rings. The average molecular weight is 890 g/mol. The van der Waals surface area contributed by atoms with Gasteiger partial charge in [0.15, 0.2) is 0 Å². The molecule has 1 unspecified atom stereocenters. The van der Waals surface area contributed by atoms with Gasteiger partial charge in [0.2, 0.25) is 0 Å². The van der Waals surface area contributed by atoms with Gasteiger partial charge in [0.1, 0.15) is 11.2 Å². The van der Waals surface area contributed by atoms with Gasteiger partial charge in [-0.1, -0.05) is 218 Å². The largest absolute Gasteiger partial charge is 0.456 e. The third-order valence-corrected chi connectivity index (χ3v) is 15.6. The number of rotatable bonds is 6. The molecule has 70 heavy (non-hydrogen) atoms. The fourth-order valence-electron chi connectivity index (χ4n) is 12.6. The minimum absolute atomic E-state index is 0.155. The lowest BCUT2D eigenvalue weighted by molar-refractivity contribution is 0.660. The molecule has 0 saturated heterocycles. The summed E-state index contributed by atoms with van der Waals surface area (Å²) >= 11 is 0. The van der Waals surface area contributed by atoms with Crippen molar-refractivity contribution in [3.05, 3.63) is 294 Å². The molecule has 0 radical (unpaired) electrons. The summed E-state index contributed by atoms with van der Waals surface area (Å²) in [6, 6.07) is 94.1. The van der Waals surface area contributed by atoms with Gasteiger partial charge in [0, 0.05) is 38.7 Å². The predicted molar refractivity (Wildman–Crippen MR) is 289 cm³/mol. The first kappa shape index (κ1) is 39.1. The van der Waals surface area contributed by atoms with E-state index < -0.39 is 5.41 Å². The number of hydrogen-bond acceptors (Lipinski definition) is 1. The van der Waals surface area contributed by atoms with Gasteiger partial charge in [-0.25, -0.2) is 0 Å². The first-order valence-corrected chi connectivity index (χ1v) is 24.4. The van der Waals surface area contributed by atoms with E-state index in [1.165, 1.54) is 105 Å². The number of fused-ring (bicyclic) bond motifs is 17. The summed E-state index contributed by atoms with van der Waals surface area (Å²) in [5.41, 5.74) is 23.6. The lowest BCUT2D eigenvalue weighted by Gasteiger charge is -2.31. The van der Waals surface area contributed by atoms with Crippen molar-refractivity contribution in [1.82, 2.24) is 4.57 Å². The molecule has 2 heteroatoms. The Balaban J connectivity index is 0.943. The van der Waals surface area contributed by atoms with Crippen molar-refractivity contribution in [2.75, 3.05) is 0 Å². The maximum absolute atomic E-state index is 7.22. The van der Waals surface area contributed by atoms with E-state index in [-0.39, 0.29) is 5.92 Å². The van der Waals surface area contributed by atoms with Crippen LogP contribution in [0.1, 0.15) is 44.9 Å². The molecule has 1 spiro atoms. The third kappa shape index (κ3) is 5.44. The number of para-hydroxylation sites is 3. The Bertz CT molecular complexity index is 4110. The molecule has 2 nitrogen and oxygen atoms in total. The molecule has 2 aromatic heterocycles. The topological polar surface area (TPSA) is 18.1 Å². The molecule has 0 fully saturated rings. The highest BCUT2D eigenvalue weighted by molar-refractivity contribution is 6.17. The van der Waals surface area contributed by atoms with Crippen molar-refractivity contribution in [3.8, 4) is 50.2 Å². The zero-order valence-electron chi connectivity index (χ0n) is 38.2. The van der Waals surface area contributed by atoms with Crippen molar-refractivity contribution >= 4 is 43.7 Å². The molecule has 326 valence electrons. The smallest absolute Gasteiger partial charge is 0.140 e. The summed E-state index contributed by atoms with van der Waals surface area (Å²) in [5.74, 6) is -0.155. The van der Waals surface area contributed by atoms with E-state index in [1.54, 1.807) is 0 Å². The molecule has 2 heterocycles. The number of nitrogens with zero attached hydrogens (tertiary/aromatic N) is 1. The van der Waals surface area contributed by atoms with E-state index in [4.69, 9.17) is 4.42 Å². The molecule has 11 aromatic carbocycles. The standard InChI is InChI=1S/C68H43NO/c1-2-16-43(17-3-1)44-30-34-47(35-31-44)64(48-36-32-45(33-37-48)46-38-40-49(41-39-46)69-61-27-13-7-20-52(61)53-21-8-14-28-62(53)69)56-42-60-65(66-55-23-9-15-29-63(55)70-67(56)66)54-22-6-12-26-59(54)68(60)57-24-10-4-18-50(57)51-19-5-11-25-58(51)68/h1-42,64H. The molecule has 0 saturated carbocycles. The Labute approximate surface area is 406 Å². The van der Waals surface area contributed by atoms with Gasteiger partial charge < -0.3 is 8.98 Å². The fourth-order valence-corrected chi connectivity index (χ4v) is 12.6. The summed E-state index contributed by atoms with van der Waals surface area (Å²) in [7, 11) is 0. The third-order valence-electron chi connectivity index (χ3n) is 15.6. The number of furan rings is 1. The summed E-state index contributed by atoms with van der Waals surface area (Å²) in [6.45, 7) is 0. The Morgan fingerprint density at radius 3 is 1.39 bits per heavy atom. The maximum atomic E-state index is 7.22. The van der Waals surface area contributed by atoms with Gasteiger partial charge in [-0.3, -0.25) is 0 Å². The van der Waals surface area contributed by atoms with Crippen LogP contribution in [-0.4, -0.2) is 4.57 Å². The second-order valence-corrected chi connectivity index (χ2v) is 19.0. The van der Waals surface area contributed by atoms with Gasteiger partial charge in [-0.2, -0.15) is 0 Å². The summed E-state index contributed by atoms with van der Waals surface area (Å²) in [6.07, 6.45) is 0. The summed E-state index contributed by atoms with van der Waals surface area (Å²) in [5, 5.41) is 4.85. The summed E-state index contributed by atoms with van der Waals surface area (Å²) < 4.78 is 9.60. The minimum Gasteiger partial charge on any atom is -0.456 e. The van der Waals surface area contributed by atoms with Crippen LogP contribution in [0.5, 0.6) is 0 Å². The van der Waals surface area contributed by atoms with Crippen LogP contribution in [0, 0.1) is 0 Å². The molecule has 15 rings (SSSR count). The van der Waals surface area contributed by atoms with Gasteiger partial charge in [0.05, 0.1) is 16.4 Å². The van der Waals surface area contributed by atoms with Gasteiger partial charge in [-0.05, 0) is 114 Å². The number of aromatic nitrogens is 1. The highest BCUT2D eigenvalue weighted by Gasteiger charge is 2.52. The SMILES string of the molecule is c1ccc(-c2ccc(C(c3ccc(-c4ccc(-n5c6ccccc6c6ccccc65)cc4)cc3)c3cc4c(c5c3oc3ccccc35)-c3ccccc3C43c4ccccc4-c4ccccc43)cc2)cc1. The Kier molecular flexibility index (Phi) is 8.38. The van der Waals surface area contributed by atoms with Crippen LogP contribution in [0.4, 0.5) is 0 Å². The lowest BCUT2D eigenvalue weighted by Crippen LogP contribution is -2.26. The van der Waals surface area contributed by atoms with E-state index in [0.29, 0.717) is 0 Å². The zero-order chi connectivity index (χ0) is 45.9. The quantitative estimate of drug-likeness (QED) is 0.152. The zero-order valence-corrected chi connectivity index (χ0v) is 38.2. The average Bonchev–Trinajstić information content (AvgIpc) is 4.16. The Morgan fingerprint density at radius 1 is 0.357 bits per heavy atom. The van der Waals surface area contributed by atoms with Gasteiger partial charge in [-0.15, -0.1) is 0 Å². The molecule has 0 amide bonds. The molecular weight excluding hydrogens is 847 g/mol. The molecule has 2 aliphatic carbocycles. The molecule has 1 atom stereocenters. The monoisotopic (exact) mass is 889 g/mol. The van der Waals surface area contributed by atoms with Crippen molar-refractivity contribution < 1.29 is 4.42 Å². The van der Waals surface area contributed by atoms with Crippen molar-refractivity contribution in [2.24, 2.45) is 0 Å². The molecular formula is C68H43NO. The Morgan fingerprint density at radius 2 is 0.800 bits per heavy atom. The summed E-state index contributed by atoms with van der Waals surface area (Å²) in [4.78, 5) is 0. The van der Waals surface area contributed by atoms with Crippen LogP contribution in [-0.2, 0) is 5.41 Å². The van der Waals surface area contributed by atoms with E-state index in [9.17, 15) is 0 Å². The Hall–Kier alpha value is -8.98. The van der Waals surface area contributed by atoms with Crippen LogP contribution >= 0.6 is 0 Å².